The molecule has 1 atom stereocenters. The van der Waals surface area contributed by atoms with Crippen molar-refractivity contribution in [1.82, 2.24) is 4.90 Å². The molecule has 4 aliphatic heterocycles. The molecule has 2 bridgehead atoms. The molecule has 4 saturated heterocycles. The van der Waals surface area contributed by atoms with Crippen LogP contribution < -0.4 is 0 Å². The predicted octanol–water partition coefficient (Wildman–Crippen LogP) is 7.23. The zero-order valence-electron chi connectivity index (χ0n) is 26.1. The fraction of sp³-hybridized carbons (Fsp3) is 0.629. The molecule has 5 aliphatic rings. The number of fused-ring (bicyclic) bond motifs is 3. The van der Waals surface area contributed by atoms with Gasteiger partial charge in [-0.1, -0.05) is 78.9 Å². The molecule has 6 nitrogen and oxygen atoms in total. The highest BCUT2D eigenvalue weighted by Gasteiger charge is 2.53. The van der Waals surface area contributed by atoms with E-state index in [1.54, 1.807) is 0 Å². The van der Waals surface area contributed by atoms with E-state index in [4.69, 9.17) is 36.2 Å². The Morgan fingerprint density at radius 1 is 0.932 bits per heavy atom. The van der Waals surface area contributed by atoms with Crippen LogP contribution in [0.25, 0.3) is 0 Å². The normalized spacial score (nSPS) is 29.1. The highest BCUT2D eigenvalue weighted by atomic mass is 35.5. The highest BCUT2D eigenvalue weighted by Crippen LogP contribution is 2.53. The minimum absolute atomic E-state index is 0.0683. The zero-order chi connectivity index (χ0) is 31.4. The van der Waals surface area contributed by atoms with Crippen LogP contribution in [0.5, 0.6) is 0 Å². The van der Waals surface area contributed by atoms with E-state index in [1.807, 2.05) is 24.3 Å². The largest absolute Gasteiger partial charge is 0.748 e. The Bertz CT molecular complexity index is 1360. The van der Waals surface area contributed by atoms with Crippen LogP contribution in [0.3, 0.4) is 0 Å². The van der Waals surface area contributed by atoms with Gasteiger partial charge in [0.1, 0.15) is 0 Å². The first-order chi connectivity index (χ1) is 20.9. The summed E-state index contributed by atoms with van der Waals surface area (Å²) in [5.74, 6) is 1.23. The minimum Gasteiger partial charge on any atom is -0.748 e. The van der Waals surface area contributed by atoms with Gasteiger partial charge in [-0.05, 0) is 60.3 Å². The van der Waals surface area contributed by atoms with Crippen LogP contribution in [-0.2, 0) is 26.7 Å². The average Bonchev–Trinajstić information content (AvgIpc) is 3.03. The molecule has 1 unspecified atom stereocenters. The SMILES string of the molecule is CS(=O)(=O)[O-].O=C(Cc1ccccc1)N1CCCC(CC[N+]23CCC(C4CCCCC4)(CC2)CC3)(c2ccc(Cl)c(Cl)c2)C1. The summed E-state index contributed by atoms with van der Waals surface area (Å²) in [4.78, 5) is 15.6. The monoisotopic (exact) mass is 662 g/mol. The number of quaternary nitrogens is 1. The van der Waals surface area contributed by atoms with E-state index in [2.05, 4.69) is 29.2 Å². The number of likely N-dealkylation sites (tertiary alicyclic amines) is 1. The van der Waals surface area contributed by atoms with Gasteiger partial charge in [0.25, 0.3) is 0 Å². The Labute approximate surface area is 274 Å². The Morgan fingerprint density at radius 3 is 2.18 bits per heavy atom. The highest BCUT2D eigenvalue weighted by molar-refractivity contribution is 7.84. The number of benzene rings is 2. The summed E-state index contributed by atoms with van der Waals surface area (Å²) in [5, 5.41) is 1.23. The van der Waals surface area contributed by atoms with Crippen molar-refractivity contribution in [3.63, 3.8) is 0 Å². The molecule has 44 heavy (non-hydrogen) atoms. The van der Waals surface area contributed by atoms with Crippen molar-refractivity contribution in [2.45, 2.75) is 82.5 Å². The quantitative estimate of drug-likeness (QED) is 0.232. The van der Waals surface area contributed by atoms with Crippen LogP contribution in [0.1, 0.15) is 81.8 Å². The van der Waals surface area contributed by atoms with Crippen molar-refractivity contribution < 1.29 is 22.2 Å². The van der Waals surface area contributed by atoms with Gasteiger partial charge in [-0.2, -0.15) is 0 Å². The lowest BCUT2D eigenvalue weighted by atomic mass is 9.59. The maximum Gasteiger partial charge on any atom is 0.227 e. The second-order valence-corrected chi connectivity index (χ2v) is 16.4. The van der Waals surface area contributed by atoms with E-state index >= 15 is 0 Å². The van der Waals surface area contributed by atoms with Crippen LogP contribution in [0.2, 0.25) is 10.0 Å². The summed E-state index contributed by atoms with van der Waals surface area (Å²) >= 11 is 12.9. The summed E-state index contributed by atoms with van der Waals surface area (Å²) in [6.45, 7) is 6.89. The molecule has 7 rings (SSSR count). The molecule has 0 spiro atoms. The second kappa shape index (κ2) is 14.0. The Kier molecular flexibility index (Phi) is 10.7. The topological polar surface area (TPSA) is 77.5 Å². The molecular weight excluding hydrogens is 615 g/mol. The van der Waals surface area contributed by atoms with Gasteiger partial charge in [-0.15, -0.1) is 0 Å². The molecule has 0 aromatic heterocycles. The molecule has 242 valence electrons. The first kappa shape index (κ1) is 33.7. The van der Waals surface area contributed by atoms with Crippen LogP contribution >= 0.6 is 23.2 Å². The third kappa shape index (κ3) is 8.19. The van der Waals surface area contributed by atoms with Gasteiger partial charge in [0.2, 0.25) is 5.91 Å². The molecule has 1 saturated carbocycles. The van der Waals surface area contributed by atoms with Crippen molar-refractivity contribution in [2.75, 3.05) is 45.5 Å². The predicted molar refractivity (Wildman–Crippen MR) is 177 cm³/mol. The fourth-order valence-electron chi connectivity index (χ4n) is 8.84. The number of hydrogen-bond donors (Lipinski definition) is 0. The van der Waals surface area contributed by atoms with Crippen LogP contribution in [0.15, 0.2) is 48.5 Å². The van der Waals surface area contributed by atoms with Gasteiger partial charge in [0.15, 0.2) is 0 Å². The van der Waals surface area contributed by atoms with Crippen molar-refractivity contribution in [2.24, 2.45) is 11.3 Å². The molecule has 9 heteroatoms. The van der Waals surface area contributed by atoms with Crippen molar-refractivity contribution in [1.29, 1.82) is 0 Å². The number of carbonyl (C=O) groups excluding carboxylic acids is 1. The lowest BCUT2D eigenvalue weighted by molar-refractivity contribution is -0.946. The summed E-state index contributed by atoms with van der Waals surface area (Å²) in [7, 11) is -3.92. The lowest BCUT2D eigenvalue weighted by Gasteiger charge is -2.58. The summed E-state index contributed by atoms with van der Waals surface area (Å²) in [5.41, 5.74) is 2.93. The Morgan fingerprint density at radius 2 is 1.57 bits per heavy atom. The van der Waals surface area contributed by atoms with E-state index in [1.165, 1.54) is 87.6 Å². The number of hydrogen-bond acceptors (Lipinski definition) is 4. The first-order valence-corrected chi connectivity index (χ1v) is 19.0. The van der Waals surface area contributed by atoms with E-state index < -0.39 is 10.1 Å². The van der Waals surface area contributed by atoms with Crippen molar-refractivity contribution in [3.8, 4) is 0 Å². The Hall–Kier alpha value is -1.64. The first-order valence-electron chi connectivity index (χ1n) is 16.4. The average molecular weight is 664 g/mol. The van der Waals surface area contributed by atoms with Gasteiger partial charge in [-0.3, -0.25) is 4.79 Å². The van der Waals surface area contributed by atoms with E-state index in [0.717, 1.165) is 43.8 Å². The number of carbonyl (C=O) groups is 1. The Balaban J connectivity index is 0.000000712. The molecule has 1 amide bonds. The minimum atomic E-state index is -3.92. The third-order valence-electron chi connectivity index (χ3n) is 11.4. The van der Waals surface area contributed by atoms with Gasteiger partial charge in [0.05, 0.1) is 52.8 Å². The smallest absolute Gasteiger partial charge is 0.227 e. The van der Waals surface area contributed by atoms with Crippen LogP contribution in [-0.4, -0.2) is 73.8 Å². The van der Waals surface area contributed by atoms with Gasteiger partial charge < -0.3 is 13.9 Å². The molecule has 1 aliphatic carbocycles. The number of nitrogens with zero attached hydrogens (tertiary/aromatic N) is 2. The zero-order valence-corrected chi connectivity index (χ0v) is 28.4. The third-order valence-corrected chi connectivity index (χ3v) is 12.2. The van der Waals surface area contributed by atoms with Crippen molar-refractivity contribution in [3.05, 3.63) is 69.7 Å². The second-order valence-electron chi connectivity index (χ2n) is 14.1. The van der Waals surface area contributed by atoms with Gasteiger partial charge in [-0.25, -0.2) is 8.42 Å². The summed E-state index contributed by atoms with van der Waals surface area (Å²) < 4.78 is 28.5. The molecule has 5 fully saturated rings. The lowest BCUT2D eigenvalue weighted by Crippen LogP contribution is -2.64. The van der Waals surface area contributed by atoms with Crippen LogP contribution in [0, 0.1) is 11.3 Å². The molecule has 0 radical (unpaired) electrons. The maximum atomic E-state index is 13.5. The van der Waals surface area contributed by atoms with E-state index in [-0.39, 0.29) is 11.3 Å². The number of rotatable bonds is 7. The standard InChI is InChI=1S/C34H45Cl2N2O.CH4O3S/c35-30-13-12-29(25-31(30)36)34(14-7-19-37(26-34)32(39)24-27-8-3-1-4-9-27)18-23-38-20-15-33(16-21-38,17-22-38)28-10-5-2-6-11-28;1-5(2,3)4/h1,3-4,8-9,12-13,25,28H,2,5-7,10-11,14-24,26H2;1H3,(H,2,3,4)/q+1;/p-1. The van der Waals surface area contributed by atoms with E-state index in [9.17, 15) is 4.79 Å². The van der Waals surface area contributed by atoms with Gasteiger partial charge in [0, 0.05) is 50.4 Å². The number of halogens is 2. The number of piperidine rings is 4. The van der Waals surface area contributed by atoms with Gasteiger partial charge >= 0.3 is 0 Å². The molecular formula is C35H48Cl2N2O4S. The molecule has 4 heterocycles. The molecule has 2 aromatic carbocycles. The fourth-order valence-corrected chi connectivity index (χ4v) is 9.14. The molecule has 0 N–H and O–H groups in total. The maximum absolute atomic E-state index is 13.5. The number of amides is 1. The summed E-state index contributed by atoms with van der Waals surface area (Å²) in [6, 6.07) is 16.4. The van der Waals surface area contributed by atoms with Crippen molar-refractivity contribution >= 4 is 39.2 Å². The van der Waals surface area contributed by atoms with E-state index in [0.29, 0.717) is 28.1 Å². The summed E-state index contributed by atoms with van der Waals surface area (Å²) in [6.07, 6.45) is 15.9. The van der Waals surface area contributed by atoms with Crippen LogP contribution in [0.4, 0.5) is 0 Å². The molecule has 2 aromatic rings.